The predicted octanol–water partition coefficient (Wildman–Crippen LogP) is 2.03. The lowest BCUT2D eigenvalue weighted by molar-refractivity contribution is 0.0956. The van der Waals surface area contributed by atoms with Crippen LogP contribution in [-0.4, -0.2) is 18.3 Å². The highest BCUT2D eigenvalue weighted by atomic mass is 35.5. The maximum Gasteiger partial charge on any atom is 0.252 e. The summed E-state index contributed by atoms with van der Waals surface area (Å²) in [6.45, 7) is 2.50. The summed E-state index contributed by atoms with van der Waals surface area (Å²) in [7, 11) is 0. The van der Waals surface area contributed by atoms with E-state index in [1.807, 2.05) is 18.4 Å². The lowest BCUT2D eigenvalue weighted by atomic mass is 10.3. The molecule has 1 rings (SSSR count). The van der Waals surface area contributed by atoms with Crippen molar-refractivity contribution in [3.63, 3.8) is 0 Å². The summed E-state index contributed by atoms with van der Waals surface area (Å²) in [4.78, 5) is 12.4. The summed E-state index contributed by atoms with van der Waals surface area (Å²) in [5.41, 5.74) is 0.725. The third-order valence-electron chi connectivity index (χ3n) is 1.37. The number of nitrogens with one attached hydrogen (secondary N) is 1. The smallest absolute Gasteiger partial charge is 0.252 e. The molecule has 0 atom stereocenters. The Labute approximate surface area is 80.5 Å². The SMILES string of the molecule is Cc1cc(C(=O)NCCCl)cs1. The van der Waals surface area contributed by atoms with Crippen LogP contribution in [0.2, 0.25) is 0 Å². The largest absolute Gasteiger partial charge is 0.351 e. The van der Waals surface area contributed by atoms with Gasteiger partial charge in [-0.15, -0.1) is 22.9 Å². The van der Waals surface area contributed by atoms with E-state index in [0.29, 0.717) is 12.4 Å². The standard InChI is InChI=1S/C8H10ClNOS/c1-6-4-7(5-12-6)8(11)10-3-2-9/h4-5H,2-3H2,1H3,(H,10,11). The lowest BCUT2D eigenvalue weighted by Crippen LogP contribution is -2.24. The average Bonchev–Trinajstić information content (AvgIpc) is 2.47. The van der Waals surface area contributed by atoms with Crippen LogP contribution in [-0.2, 0) is 0 Å². The van der Waals surface area contributed by atoms with Gasteiger partial charge in [0.05, 0.1) is 5.56 Å². The number of halogens is 1. The van der Waals surface area contributed by atoms with Gasteiger partial charge in [0, 0.05) is 22.7 Å². The Morgan fingerprint density at radius 3 is 3.00 bits per heavy atom. The minimum atomic E-state index is -0.0417. The maximum atomic E-state index is 11.3. The van der Waals surface area contributed by atoms with Crippen LogP contribution in [0.1, 0.15) is 15.2 Å². The van der Waals surface area contributed by atoms with E-state index < -0.39 is 0 Å². The van der Waals surface area contributed by atoms with E-state index in [1.165, 1.54) is 0 Å². The number of alkyl halides is 1. The Bertz CT molecular complexity index is 272. The zero-order valence-electron chi connectivity index (χ0n) is 6.76. The second-order valence-corrected chi connectivity index (χ2v) is 3.88. The first-order chi connectivity index (χ1) is 5.74. The van der Waals surface area contributed by atoms with Crippen molar-refractivity contribution in [2.45, 2.75) is 6.92 Å². The van der Waals surface area contributed by atoms with E-state index in [1.54, 1.807) is 11.3 Å². The molecule has 0 aromatic carbocycles. The number of aryl methyl sites for hydroxylation is 1. The van der Waals surface area contributed by atoms with Crippen molar-refractivity contribution in [2.75, 3.05) is 12.4 Å². The van der Waals surface area contributed by atoms with Crippen molar-refractivity contribution in [1.82, 2.24) is 5.32 Å². The maximum absolute atomic E-state index is 11.3. The van der Waals surface area contributed by atoms with Gasteiger partial charge in [-0.1, -0.05) is 0 Å². The summed E-state index contributed by atoms with van der Waals surface area (Å²) in [6, 6.07) is 1.87. The monoisotopic (exact) mass is 203 g/mol. The van der Waals surface area contributed by atoms with E-state index in [4.69, 9.17) is 11.6 Å². The summed E-state index contributed by atoms with van der Waals surface area (Å²) in [6.07, 6.45) is 0. The van der Waals surface area contributed by atoms with Crippen molar-refractivity contribution in [2.24, 2.45) is 0 Å². The molecule has 66 valence electrons. The van der Waals surface area contributed by atoms with Crippen LogP contribution in [0.15, 0.2) is 11.4 Å². The fourth-order valence-electron chi connectivity index (χ4n) is 0.825. The Morgan fingerprint density at radius 2 is 2.50 bits per heavy atom. The van der Waals surface area contributed by atoms with Gasteiger partial charge >= 0.3 is 0 Å². The van der Waals surface area contributed by atoms with Crippen molar-refractivity contribution >= 4 is 28.8 Å². The summed E-state index contributed by atoms with van der Waals surface area (Å²) < 4.78 is 0. The first-order valence-corrected chi connectivity index (χ1v) is 5.04. The molecule has 0 unspecified atom stereocenters. The van der Waals surface area contributed by atoms with E-state index in [9.17, 15) is 4.79 Å². The van der Waals surface area contributed by atoms with Crippen LogP contribution in [0.5, 0.6) is 0 Å². The molecule has 1 N–H and O–H groups in total. The van der Waals surface area contributed by atoms with Crippen LogP contribution in [0.25, 0.3) is 0 Å². The second kappa shape index (κ2) is 4.48. The Balaban J connectivity index is 2.53. The van der Waals surface area contributed by atoms with Gasteiger partial charge < -0.3 is 5.32 Å². The van der Waals surface area contributed by atoms with E-state index in [-0.39, 0.29) is 5.91 Å². The molecule has 1 aromatic heterocycles. The second-order valence-electron chi connectivity index (χ2n) is 2.39. The summed E-state index contributed by atoms with van der Waals surface area (Å²) >= 11 is 7.00. The predicted molar refractivity (Wildman–Crippen MR) is 52.1 cm³/mol. The molecule has 1 heterocycles. The number of amides is 1. The van der Waals surface area contributed by atoms with Gasteiger partial charge in [0.1, 0.15) is 0 Å². The third kappa shape index (κ3) is 2.50. The van der Waals surface area contributed by atoms with Gasteiger partial charge in [0.2, 0.25) is 0 Å². The number of rotatable bonds is 3. The highest BCUT2D eigenvalue weighted by Gasteiger charge is 2.05. The number of thiophene rings is 1. The molecule has 0 bridgehead atoms. The number of hydrogen-bond donors (Lipinski definition) is 1. The van der Waals surface area contributed by atoms with Gasteiger partial charge in [-0.2, -0.15) is 0 Å². The van der Waals surface area contributed by atoms with Crippen molar-refractivity contribution < 1.29 is 4.79 Å². The normalized spacial score (nSPS) is 9.83. The fraction of sp³-hybridized carbons (Fsp3) is 0.375. The molecular formula is C8H10ClNOS. The molecule has 0 aliphatic heterocycles. The van der Waals surface area contributed by atoms with Crippen LogP contribution >= 0.6 is 22.9 Å². The van der Waals surface area contributed by atoms with Crippen LogP contribution < -0.4 is 5.32 Å². The van der Waals surface area contributed by atoms with Crippen molar-refractivity contribution in [3.8, 4) is 0 Å². The highest BCUT2D eigenvalue weighted by molar-refractivity contribution is 7.10. The molecule has 2 nitrogen and oxygen atoms in total. The van der Waals surface area contributed by atoms with Crippen molar-refractivity contribution in [3.05, 3.63) is 21.9 Å². The molecule has 1 aromatic rings. The Hall–Kier alpha value is -0.540. The first-order valence-electron chi connectivity index (χ1n) is 3.63. The molecule has 0 aliphatic rings. The fourth-order valence-corrected chi connectivity index (χ4v) is 1.60. The van der Waals surface area contributed by atoms with Gasteiger partial charge in [-0.25, -0.2) is 0 Å². The van der Waals surface area contributed by atoms with Gasteiger partial charge in [-0.05, 0) is 13.0 Å². The highest BCUT2D eigenvalue weighted by Crippen LogP contribution is 2.12. The summed E-state index contributed by atoms with van der Waals surface area (Å²) in [5.74, 6) is 0.412. The third-order valence-corrected chi connectivity index (χ3v) is 2.42. The van der Waals surface area contributed by atoms with Gasteiger partial charge in [-0.3, -0.25) is 4.79 Å². The first kappa shape index (κ1) is 9.55. The lowest BCUT2D eigenvalue weighted by Gasteiger charge is -1.98. The van der Waals surface area contributed by atoms with E-state index >= 15 is 0 Å². The number of carbonyl (C=O) groups is 1. The molecule has 1 amide bonds. The van der Waals surface area contributed by atoms with Crippen LogP contribution in [0, 0.1) is 6.92 Å². The zero-order valence-corrected chi connectivity index (χ0v) is 8.34. The minimum absolute atomic E-state index is 0.0417. The molecule has 0 fully saturated rings. The van der Waals surface area contributed by atoms with Crippen molar-refractivity contribution in [1.29, 1.82) is 0 Å². The Morgan fingerprint density at radius 1 is 1.75 bits per heavy atom. The Kier molecular flexibility index (Phi) is 3.56. The summed E-state index contributed by atoms with van der Waals surface area (Å²) in [5, 5.41) is 4.54. The van der Waals surface area contributed by atoms with E-state index in [2.05, 4.69) is 5.32 Å². The van der Waals surface area contributed by atoms with E-state index in [0.717, 1.165) is 10.4 Å². The zero-order chi connectivity index (χ0) is 8.97. The van der Waals surface area contributed by atoms with Gasteiger partial charge in [0.15, 0.2) is 0 Å². The van der Waals surface area contributed by atoms with Crippen LogP contribution in [0.4, 0.5) is 0 Å². The molecule has 12 heavy (non-hydrogen) atoms. The van der Waals surface area contributed by atoms with Crippen LogP contribution in [0.3, 0.4) is 0 Å². The topological polar surface area (TPSA) is 29.1 Å². The molecule has 0 saturated carbocycles. The quantitative estimate of drug-likeness (QED) is 0.749. The number of carbonyl (C=O) groups excluding carboxylic acids is 1. The molecular weight excluding hydrogens is 194 g/mol. The van der Waals surface area contributed by atoms with Gasteiger partial charge in [0.25, 0.3) is 5.91 Å². The minimum Gasteiger partial charge on any atom is -0.351 e. The molecule has 0 radical (unpaired) electrons. The molecule has 0 aliphatic carbocycles. The molecule has 0 spiro atoms. The average molecular weight is 204 g/mol. The number of hydrogen-bond acceptors (Lipinski definition) is 2. The molecule has 4 heteroatoms. The molecule has 0 saturated heterocycles.